The number of rotatable bonds is 2. The Hall–Kier alpha value is -2.78. The van der Waals surface area contributed by atoms with E-state index in [0.717, 1.165) is 33.7 Å². The molecule has 3 aromatic rings. The van der Waals surface area contributed by atoms with Crippen molar-refractivity contribution in [2.24, 2.45) is 0 Å². The minimum absolute atomic E-state index is 0.00513. The summed E-state index contributed by atoms with van der Waals surface area (Å²) in [6.45, 7) is 3.71. The SMILES string of the molecule is Cc1nnsc1C(=O)NNC(=O)[C@@H]1Cc2c([nH]c3ccccc23)[C@H](C)N1. The number of carbonyl (C=O) groups excluding carboxylic acids is 2. The lowest BCUT2D eigenvalue weighted by molar-refractivity contribution is -0.124. The summed E-state index contributed by atoms with van der Waals surface area (Å²) in [6, 6.07) is 7.63. The quantitative estimate of drug-likeness (QED) is 0.509. The molecule has 0 bridgehead atoms. The minimum atomic E-state index is -0.433. The largest absolute Gasteiger partial charge is 0.357 e. The average molecular weight is 370 g/mol. The first-order valence-electron chi connectivity index (χ1n) is 8.29. The zero-order valence-electron chi connectivity index (χ0n) is 14.3. The molecule has 0 saturated heterocycles. The molecule has 0 fully saturated rings. The van der Waals surface area contributed by atoms with Gasteiger partial charge in [-0.3, -0.25) is 25.8 Å². The fraction of sp³-hybridized carbons (Fsp3) is 0.294. The van der Waals surface area contributed by atoms with Gasteiger partial charge in [0, 0.05) is 22.6 Å². The van der Waals surface area contributed by atoms with Crippen molar-refractivity contribution in [1.29, 1.82) is 0 Å². The zero-order chi connectivity index (χ0) is 18.3. The van der Waals surface area contributed by atoms with Crippen LogP contribution in [0.5, 0.6) is 0 Å². The summed E-state index contributed by atoms with van der Waals surface area (Å²) in [5, 5.41) is 8.21. The van der Waals surface area contributed by atoms with Crippen molar-refractivity contribution in [3.8, 4) is 0 Å². The molecule has 4 rings (SSSR count). The maximum absolute atomic E-state index is 12.5. The summed E-state index contributed by atoms with van der Waals surface area (Å²) in [5.41, 5.74) is 8.78. The molecule has 134 valence electrons. The molecule has 4 N–H and O–H groups in total. The minimum Gasteiger partial charge on any atom is -0.357 e. The molecule has 3 heterocycles. The van der Waals surface area contributed by atoms with Crippen molar-refractivity contribution < 1.29 is 9.59 Å². The Kier molecular flexibility index (Phi) is 4.17. The van der Waals surface area contributed by atoms with E-state index in [9.17, 15) is 9.59 Å². The Morgan fingerprint density at radius 2 is 2.08 bits per heavy atom. The molecule has 0 aliphatic carbocycles. The van der Waals surface area contributed by atoms with Gasteiger partial charge in [0.05, 0.1) is 11.7 Å². The highest BCUT2D eigenvalue weighted by atomic mass is 32.1. The fourth-order valence-corrected chi connectivity index (χ4v) is 3.88. The standard InChI is InChI=1S/C17H18N6O2S/c1-8-14-11(10-5-3-4-6-12(10)19-14)7-13(18-8)16(24)21-22-17(25)15-9(2)20-23-26-15/h3-6,8,13,18-19H,7H2,1-2H3,(H,21,24)(H,22,25)/t8-,13-/m0/s1. The summed E-state index contributed by atoms with van der Waals surface area (Å²) >= 11 is 0.994. The predicted molar refractivity (Wildman–Crippen MR) is 97.6 cm³/mol. The van der Waals surface area contributed by atoms with E-state index in [4.69, 9.17) is 0 Å². The number of hydrazine groups is 1. The maximum atomic E-state index is 12.5. The monoisotopic (exact) mass is 370 g/mol. The Morgan fingerprint density at radius 1 is 1.27 bits per heavy atom. The number of aromatic nitrogens is 3. The van der Waals surface area contributed by atoms with Crippen molar-refractivity contribution in [2.75, 3.05) is 0 Å². The third kappa shape index (κ3) is 2.85. The van der Waals surface area contributed by atoms with Crippen molar-refractivity contribution in [3.05, 3.63) is 46.1 Å². The van der Waals surface area contributed by atoms with E-state index in [1.54, 1.807) is 6.92 Å². The molecule has 0 unspecified atom stereocenters. The molecule has 2 amide bonds. The molecule has 2 aromatic heterocycles. The molecule has 1 aromatic carbocycles. The van der Waals surface area contributed by atoms with Gasteiger partial charge in [0.2, 0.25) is 0 Å². The van der Waals surface area contributed by atoms with E-state index in [2.05, 4.69) is 36.8 Å². The van der Waals surface area contributed by atoms with Crippen molar-refractivity contribution in [1.82, 2.24) is 30.7 Å². The maximum Gasteiger partial charge on any atom is 0.283 e. The van der Waals surface area contributed by atoms with Crippen LogP contribution in [0.1, 0.15) is 39.6 Å². The van der Waals surface area contributed by atoms with Gasteiger partial charge in [0.25, 0.3) is 11.8 Å². The molecule has 0 spiro atoms. The molecule has 26 heavy (non-hydrogen) atoms. The van der Waals surface area contributed by atoms with Crippen molar-refractivity contribution >= 4 is 34.2 Å². The number of amides is 2. The Morgan fingerprint density at radius 3 is 2.85 bits per heavy atom. The fourth-order valence-electron chi connectivity index (χ4n) is 3.33. The third-order valence-corrected chi connectivity index (χ3v) is 5.44. The van der Waals surface area contributed by atoms with E-state index >= 15 is 0 Å². The lowest BCUT2D eigenvalue weighted by atomic mass is 9.94. The summed E-state index contributed by atoms with van der Waals surface area (Å²) in [7, 11) is 0. The number of aromatic amines is 1. The van der Waals surface area contributed by atoms with E-state index in [1.165, 1.54) is 0 Å². The van der Waals surface area contributed by atoms with Crippen LogP contribution >= 0.6 is 11.5 Å². The first-order valence-corrected chi connectivity index (χ1v) is 9.06. The smallest absolute Gasteiger partial charge is 0.283 e. The molecule has 1 aliphatic heterocycles. The summed E-state index contributed by atoms with van der Waals surface area (Å²) < 4.78 is 3.72. The number of nitrogens with zero attached hydrogens (tertiary/aromatic N) is 2. The van der Waals surface area contributed by atoms with E-state index in [0.29, 0.717) is 17.0 Å². The van der Waals surface area contributed by atoms with Gasteiger partial charge >= 0.3 is 0 Å². The predicted octanol–water partition coefficient (Wildman–Crippen LogP) is 1.36. The number of nitrogens with one attached hydrogen (secondary N) is 4. The second-order valence-electron chi connectivity index (χ2n) is 6.34. The molecule has 0 radical (unpaired) electrons. The highest BCUT2D eigenvalue weighted by Crippen LogP contribution is 2.31. The summed E-state index contributed by atoms with van der Waals surface area (Å²) in [5.74, 6) is -0.696. The number of H-pyrrole nitrogens is 1. The molecular formula is C17H18N6O2S. The van der Waals surface area contributed by atoms with Crippen molar-refractivity contribution in [3.63, 3.8) is 0 Å². The van der Waals surface area contributed by atoms with Gasteiger partial charge in [-0.15, -0.1) is 5.10 Å². The average Bonchev–Trinajstić information content (AvgIpc) is 3.23. The Balaban J connectivity index is 1.48. The number of fused-ring (bicyclic) bond motifs is 3. The number of para-hydroxylation sites is 1. The van der Waals surface area contributed by atoms with E-state index in [1.807, 2.05) is 25.1 Å². The van der Waals surface area contributed by atoms with Crippen molar-refractivity contribution in [2.45, 2.75) is 32.4 Å². The van der Waals surface area contributed by atoms with Crippen LogP contribution in [0.2, 0.25) is 0 Å². The molecule has 2 atom stereocenters. The van der Waals surface area contributed by atoms with Gasteiger partial charge in [-0.2, -0.15) is 0 Å². The number of hydrogen-bond donors (Lipinski definition) is 4. The van der Waals surface area contributed by atoms with Gasteiger partial charge in [-0.25, -0.2) is 0 Å². The topological polar surface area (TPSA) is 112 Å². The van der Waals surface area contributed by atoms with Gasteiger partial charge in [-0.05, 0) is 43.4 Å². The van der Waals surface area contributed by atoms with Gasteiger partial charge in [-0.1, -0.05) is 22.7 Å². The van der Waals surface area contributed by atoms with Crippen LogP contribution in [0, 0.1) is 6.92 Å². The van der Waals surface area contributed by atoms with Crippen LogP contribution in [-0.2, 0) is 11.2 Å². The normalized spacial score (nSPS) is 19.2. The molecule has 0 saturated carbocycles. The molecular weight excluding hydrogens is 352 g/mol. The number of carbonyl (C=O) groups is 2. The second-order valence-corrected chi connectivity index (χ2v) is 7.09. The first kappa shape index (κ1) is 16.7. The van der Waals surface area contributed by atoms with E-state index < -0.39 is 11.9 Å². The number of hydrogen-bond acceptors (Lipinski definition) is 6. The second kappa shape index (κ2) is 6.50. The lowest BCUT2D eigenvalue weighted by Gasteiger charge is -2.28. The Labute approximate surface area is 153 Å². The highest BCUT2D eigenvalue weighted by molar-refractivity contribution is 7.07. The number of benzene rings is 1. The Bertz CT molecular complexity index is 994. The molecule has 1 aliphatic rings. The van der Waals surface area contributed by atoms with Gasteiger partial charge < -0.3 is 4.98 Å². The third-order valence-electron chi connectivity index (χ3n) is 4.61. The van der Waals surface area contributed by atoms with E-state index in [-0.39, 0.29) is 11.9 Å². The van der Waals surface area contributed by atoms with Crippen LogP contribution in [0.4, 0.5) is 0 Å². The van der Waals surface area contributed by atoms with Crippen LogP contribution < -0.4 is 16.2 Å². The van der Waals surface area contributed by atoms with Gasteiger partial charge in [0.15, 0.2) is 0 Å². The zero-order valence-corrected chi connectivity index (χ0v) is 15.1. The van der Waals surface area contributed by atoms with Crippen LogP contribution in [0.25, 0.3) is 10.9 Å². The summed E-state index contributed by atoms with van der Waals surface area (Å²) in [6.07, 6.45) is 0.548. The lowest BCUT2D eigenvalue weighted by Crippen LogP contribution is -2.53. The number of aryl methyl sites for hydroxylation is 1. The van der Waals surface area contributed by atoms with Crippen LogP contribution in [0.3, 0.4) is 0 Å². The summed E-state index contributed by atoms with van der Waals surface area (Å²) in [4.78, 5) is 28.4. The molecule has 8 nitrogen and oxygen atoms in total. The first-order chi connectivity index (χ1) is 12.5. The van der Waals surface area contributed by atoms with Gasteiger partial charge in [0.1, 0.15) is 4.88 Å². The molecule has 9 heteroatoms. The highest BCUT2D eigenvalue weighted by Gasteiger charge is 2.31. The van der Waals surface area contributed by atoms with Crippen LogP contribution in [0.15, 0.2) is 24.3 Å². The van der Waals surface area contributed by atoms with Crippen LogP contribution in [-0.4, -0.2) is 32.4 Å².